The molecule has 0 bridgehead atoms. The van der Waals surface area contributed by atoms with Crippen molar-refractivity contribution in [1.29, 1.82) is 0 Å². The molecule has 0 saturated heterocycles. The summed E-state index contributed by atoms with van der Waals surface area (Å²) in [7, 11) is 0. The van der Waals surface area contributed by atoms with Gasteiger partial charge in [-0.2, -0.15) is 0 Å². The standard InChI is InChI=1S/C40H24BNS2/c1-2-12-26(13-3-1)42-39-37(32-18-8-10-20-35(32)43-39)41(38-33-19-9-11-21-36(33)44-40(38)42)25-22-23-31-29-16-5-4-14-27(29)28-15-6-7-17-30(28)34(31)24-25/h1-24H. The van der Waals surface area contributed by atoms with Crippen molar-refractivity contribution < 1.29 is 0 Å². The molecule has 0 fully saturated rings. The van der Waals surface area contributed by atoms with E-state index in [1.807, 2.05) is 22.7 Å². The highest BCUT2D eigenvalue weighted by molar-refractivity contribution is 7.30. The average Bonchev–Trinajstić information content (AvgIpc) is 3.66. The maximum atomic E-state index is 2.53. The first-order valence-electron chi connectivity index (χ1n) is 15.1. The van der Waals surface area contributed by atoms with E-state index >= 15 is 0 Å². The largest absolute Gasteiger partial charge is 0.294 e. The summed E-state index contributed by atoms with van der Waals surface area (Å²) in [5, 5.41) is 13.2. The molecule has 1 aliphatic rings. The van der Waals surface area contributed by atoms with Gasteiger partial charge in [0.1, 0.15) is 0 Å². The maximum absolute atomic E-state index is 2.53. The first kappa shape index (κ1) is 24.5. The van der Waals surface area contributed by atoms with Gasteiger partial charge in [-0.15, -0.1) is 22.7 Å². The predicted octanol–water partition coefficient (Wildman–Crippen LogP) is 9.87. The van der Waals surface area contributed by atoms with E-state index in [-0.39, 0.29) is 6.71 Å². The Bertz CT molecular complexity index is 2460. The molecule has 3 heterocycles. The highest BCUT2D eigenvalue weighted by Gasteiger charge is 2.40. The Labute approximate surface area is 263 Å². The van der Waals surface area contributed by atoms with Crippen LogP contribution in [0.25, 0.3) is 52.5 Å². The van der Waals surface area contributed by atoms with Crippen LogP contribution in [-0.2, 0) is 0 Å². The van der Waals surface area contributed by atoms with Crippen molar-refractivity contribution in [1.82, 2.24) is 0 Å². The van der Waals surface area contributed by atoms with Crippen molar-refractivity contribution in [2.75, 3.05) is 4.90 Å². The molecule has 204 valence electrons. The van der Waals surface area contributed by atoms with E-state index in [4.69, 9.17) is 0 Å². The zero-order chi connectivity index (χ0) is 28.8. The third-order valence-electron chi connectivity index (χ3n) is 9.33. The van der Waals surface area contributed by atoms with Gasteiger partial charge in [-0.1, -0.05) is 127 Å². The summed E-state index contributed by atoms with van der Waals surface area (Å²) in [5.41, 5.74) is 5.38. The van der Waals surface area contributed by atoms with Crippen molar-refractivity contribution in [2.45, 2.75) is 0 Å². The van der Waals surface area contributed by atoms with Gasteiger partial charge in [0.25, 0.3) is 6.71 Å². The minimum absolute atomic E-state index is 0.113. The Balaban J connectivity index is 1.34. The molecule has 2 aromatic heterocycles. The van der Waals surface area contributed by atoms with Gasteiger partial charge < -0.3 is 0 Å². The van der Waals surface area contributed by atoms with E-state index in [0.717, 1.165) is 0 Å². The molecule has 1 aliphatic heterocycles. The first-order chi connectivity index (χ1) is 21.8. The highest BCUT2D eigenvalue weighted by atomic mass is 32.1. The third-order valence-corrected chi connectivity index (χ3v) is 11.7. The van der Waals surface area contributed by atoms with Crippen LogP contribution in [0.2, 0.25) is 0 Å². The van der Waals surface area contributed by atoms with Crippen LogP contribution in [0, 0.1) is 0 Å². The van der Waals surface area contributed by atoms with Crippen LogP contribution in [0.4, 0.5) is 15.7 Å². The third kappa shape index (κ3) is 3.35. The van der Waals surface area contributed by atoms with Crippen LogP contribution in [0.5, 0.6) is 0 Å². The van der Waals surface area contributed by atoms with Crippen LogP contribution < -0.4 is 21.3 Å². The molecule has 1 nitrogen and oxygen atoms in total. The number of para-hydroxylation sites is 1. The zero-order valence-electron chi connectivity index (χ0n) is 23.7. The number of rotatable bonds is 2. The monoisotopic (exact) mass is 593 g/mol. The molecule has 0 atom stereocenters. The van der Waals surface area contributed by atoms with Gasteiger partial charge in [-0.3, -0.25) is 4.90 Å². The van der Waals surface area contributed by atoms with E-state index in [2.05, 4.69) is 150 Å². The molecule has 0 spiro atoms. The number of hydrogen-bond acceptors (Lipinski definition) is 3. The Hall–Kier alpha value is -4.90. The van der Waals surface area contributed by atoms with Crippen molar-refractivity contribution in [3.05, 3.63) is 146 Å². The summed E-state index contributed by atoms with van der Waals surface area (Å²) < 4.78 is 2.67. The van der Waals surface area contributed by atoms with Gasteiger partial charge in [0.2, 0.25) is 0 Å². The van der Waals surface area contributed by atoms with Crippen molar-refractivity contribution in [2.24, 2.45) is 0 Å². The second kappa shape index (κ2) is 9.30. The van der Waals surface area contributed by atoms with Gasteiger partial charge in [0.05, 0.1) is 10.0 Å². The highest BCUT2D eigenvalue weighted by Crippen LogP contribution is 2.47. The SMILES string of the molecule is c1ccc(N2c3sc4ccccc4c3B(c3ccc4c5ccccc5c5ccccc5c4c3)c3c2sc2ccccc32)cc1. The van der Waals surface area contributed by atoms with E-state index in [9.17, 15) is 0 Å². The number of anilines is 3. The fourth-order valence-electron chi connectivity index (χ4n) is 7.48. The molecule has 0 N–H and O–H groups in total. The summed E-state index contributed by atoms with van der Waals surface area (Å²) in [5.74, 6) is 0. The lowest BCUT2D eigenvalue weighted by Crippen LogP contribution is -2.56. The Kier molecular flexibility index (Phi) is 5.19. The lowest BCUT2D eigenvalue weighted by atomic mass is 9.35. The van der Waals surface area contributed by atoms with Crippen molar-refractivity contribution >= 4 is 114 Å². The molecule has 0 radical (unpaired) electrons. The Morgan fingerprint density at radius 3 is 1.36 bits per heavy atom. The molecule has 0 aliphatic carbocycles. The minimum atomic E-state index is 0.113. The second-order valence-electron chi connectivity index (χ2n) is 11.6. The summed E-state index contributed by atoms with van der Waals surface area (Å²) >= 11 is 3.83. The van der Waals surface area contributed by atoms with Gasteiger partial charge in [-0.05, 0) is 78.3 Å². The summed E-state index contributed by atoms with van der Waals surface area (Å²) in [6, 6.07) is 53.9. The number of thiophene rings is 2. The smallest absolute Gasteiger partial charge is 0.250 e. The summed E-state index contributed by atoms with van der Waals surface area (Å²) in [6.45, 7) is 0.113. The molecule has 4 heteroatoms. The molecular formula is C40H24BNS2. The fraction of sp³-hybridized carbons (Fsp3) is 0. The van der Waals surface area contributed by atoms with Gasteiger partial charge >= 0.3 is 0 Å². The predicted molar refractivity (Wildman–Crippen MR) is 196 cm³/mol. The summed E-state index contributed by atoms with van der Waals surface area (Å²) in [6.07, 6.45) is 0. The van der Waals surface area contributed by atoms with E-state index in [1.54, 1.807) is 0 Å². The topological polar surface area (TPSA) is 3.24 Å². The van der Waals surface area contributed by atoms with E-state index in [0.29, 0.717) is 0 Å². The molecule has 0 saturated carbocycles. The molecule has 10 rings (SSSR count). The number of fused-ring (bicyclic) bond motifs is 12. The molecule has 44 heavy (non-hydrogen) atoms. The average molecular weight is 594 g/mol. The van der Waals surface area contributed by atoms with Gasteiger partial charge in [-0.25, -0.2) is 0 Å². The van der Waals surface area contributed by atoms with Crippen LogP contribution >= 0.6 is 22.7 Å². The molecule has 7 aromatic carbocycles. The Morgan fingerprint density at radius 2 is 0.818 bits per heavy atom. The Morgan fingerprint density at radius 1 is 0.386 bits per heavy atom. The van der Waals surface area contributed by atoms with Crippen LogP contribution in [-0.4, -0.2) is 6.71 Å². The van der Waals surface area contributed by atoms with Crippen molar-refractivity contribution in [3.8, 4) is 0 Å². The quantitative estimate of drug-likeness (QED) is 0.142. The number of hydrogen-bond donors (Lipinski definition) is 0. The van der Waals surface area contributed by atoms with E-state index in [1.165, 1.54) is 84.6 Å². The minimum Gasteiger partial charge on any atom is -0.294 e. The second-order valence-corrected chi connectivity index (χ2v) is 13.7. The lowest BCUT2D eigenvalue weighted by molar-refractivity contribution is 1.37. The molecular weight excluding hydrogens is 569 g/mol. The number of benzene rings is 7. The molecule has 9 aromatic rings. The first-order valence-corrected chi connectivity index (χ1v) is 16.7. The zero-order valence-corrected chi connectivity index (χ0v) is 25.3. The lowest BCUT2D eigenvalue weighted by Gasteiger charge is -2.33. The fourth-order valence-corrected chi connectivity index (χ4v) is 10.1. The van der Waals surface area contributed by atoms with Gasteiger partial charge in [0, 0.05) is 15.1 Å². The molecule has 0 unspecified atom stereocenters. The molecule has 0 amide bonds. The van der Waals surface area contributed by atoms with Crippen LogP contribution in [0.3, 0.4) is 0 Å². The van der Waals surface area contributed by atoms with E-state index < -0.39 is 0 Å². The van der Waals surface area contributed by atoms with Crippen LogP contribution in [0.1, 0.15) is 0 Å². The summed E-state index contributed by atoms with van der Waals surface area (Å²) in [4.78, 5) is 2.53. The maximum Gasteiger partial charge on any atom is 0.250 e. The normalized spacial score (nSPS) is 12.9. The van der Waals surface area contributed by atoms with Crippen molar-refractivity contribution in [3.63, 3.8) is 0 Å². The van der Waals surface area contributed by atoms with Gasteiger partial charge in [0.15, 0.2) is 0 Å². The van der Waals surface area contributed by atoms with Crippen LogP contribution in [0.15, 0.2) is 146 Å². The number of nitrogens with zero attached hydrogens (tertiary/aromatic N) is 1.